The van der Waals surface area contributed by atoms with E-state index < -0.39 is 11.8 Å². The number of carbonyl (C=O) groups is 2. The van der Waals surface area contributed by atoms with Crippen molar-refractivity contribution < 1.29 is 14.3 Å². The van der Waals surface area contributed by atoms with Gasteiger partial charge >= 0.3 is 11.8 Å². The zero-order chi connectivity index (χ0) is 18.1. The fourth-order valence-electron chi connectivity index (χ4n) is 2.05. The van der Waals surface area contributed by atoms with E-state index in [1.54, 1.807) is 36.8 Å². The van der Waals surface area contributed by atoms with Crippen LogP contribution < -0.4 is 15.4 Å². The summed E-state index contributed by atoms with van der Waals surface area (Å²) in [6.07, 6.45) is 5.98. The first kappa shape index (κ1) is 18.5. The lowest BCUT2D eigenvalue weighted by Gasteiger charge is -2.10. The average Bonchev–Trinajstić information content (AvgIpc) is 3.11. The lowest BCUT2D eigenvalue weighted by molar-refractivity contribution is -0.136. The molecule has 2 aromatic rings. The Hall–Kier alpha value is -2.83. The van der Waals surface area contributed by atoms with Crippen molar-refractivity contribution in [3.8, 4) is 5.75 Å². The van der Waals surface area contributed by atoms with Crippen LogP contribution in [0.2, 0.25) is 0 Å². The monoisotopic (exact) mass is 344 g/mol. The van der Waals surface area contributed by atoms with Crippen LogP contribution in [0.15, 0.2) is 43.0 Å². The molecule has 0 saturated carbocycles. The van der Waals surface area contributed by atoms with Crippen LogP contribution in [0.5, 0.6) is 5.75 Å². The SMILES string of the molecule is CC(C)COc1ccc(NC(=O)C(=O)NCCCn2ccnc2)cc1. The van der Waals surface area contributed by atoms with Crippen molar-refractivity contribution in [3.63, 3.8) is 0 Å². The summed E-state index contributed by atoms with van der Waals surface area (Å²) in [5.41, 5.74) is 0.551. The van der Waals surface area contributed by atoms with E-state index in [0.717, 1.165) is 18.7 Å². The second kappa shape index (κ2) is 9.46. The maximum Gasteiger partial charge on any atom is 0.313 e. The molecule has 0 bridgehead atoms. The molecule has 1 heterocycles. The predicted molar refractivity (Wildman–Crippen MR) is 95.3 cm³/mol. The molecule has 0 unspecified atom stereocenters. The summed E-state index contributed by atoms with van der Waals surface area (Å²) < 4.78 is 7.48. The molecular formula is C18H24N4O3. The third-order valence-electron chi connectivity index (χ3n) is 3.34. The maximum absolute atomic E-state index is 11.9. The fourth-order valence-corrected chi connectivity index (χ4v) is 2.05. The van der Waals surface area contributed by atoms with Crippen molar-refractivity contribution in [2.24, 2.45) is 5.92 Å². The number of carbonyl (C=O) groups excluding carboxylic acids is 2. The van der Waals surface area contributed by atoms with Crippen molar-refractivity contribution in [1.82, 2.24) is 14.9 Å². The van der Waals surface area contributed by atoms with E-state index in [1.165, 1.54) is 0 Å². The molecule has 7 nitrogen and oxygen atoms in total. The van der Waals surface area contributed by atoms with Gasteiger partial charge in [-0.1, -0.05) is 13.8 Å². The number of amides is 2. The standard InChI is InChI=1S/C18H24N4O3/c1-14(2)12-25-16-6-4-15(5-7-16)21-18(24)17(23)20-8-3-10-22-11-9-19-13-22/h4-7,9,11,13-14H,3,8,10,12H2,1-2H3,(H,20,23)(H,21,24). The molecule has 25 heavy (non-hydrogen) atoms. The summed E-state index contributed by atoms with van der Waals surface area (Å²) in [5.74, 6) is -0.156. The highest BCUT2D eigenvalue weighted by molar-refractivity contribution is 6.39. The molecule has 1 aromatic heterocycles. The van der Waals surface area contributed by atoms with Crippen LogP contribution >= 0.6 is 0 Å². The van der Waals surface area contributed by atoms with E-state index in [4.69, 9.17) is 4.74 Å². The van der Waals surface area contributed by atoms with Crippen molar-refractivity contribution in [1.29, 1.82) is 0 Å². The van der Waals surface area contributed by atoms with Gasteiger partial charge in [0.1, 0.15) is 5.75 Å². The second-order valence-corrected chi connectivity index (χ2v) is 6.09. The Bertz CT molecular complexity index is 666. The molecule has 2 amide bonds. The summed E-state index contributed by atoms with van der Waals surface area (Å²) in [6.45, 7) is 5.94. The van der Waals surface area contributed by atoms with E-state index in [9.17, 15) is 9.59 Å². The number of hydrogen-bond donors (Lipinski definition) is 2. The van der Waals surface area contributed by atoms with Gasteiger partial charge in [-0.2, -0.15) is 0 Å². The minimum atomic E-state index is -0.682. The second-order valence-electron chi connectivity index (χ2n) is 6.09. The number of aryl methyl sites for hydroxylation is 1. The first-order valence-corrected chi connectivity index (χ1v) is 8.32. The zero-order valence-corrected chi connectivity index (χ0v) is 14.6. The van der Waals surface area contributed by atoms with Crippen molar-refractivity contribution in [2.75, 3.05) is 18.5 Å². The van der Waals surface area contributed by atoms with E-state index in [-0.39, 0.29) is 0 Å². The van der Waals surface area contributed by atoms with Crippen molar-refractivity contribution in [3.05, 3.63) is 43.0 Å². The molecule has 2 rings (SSSR count). The molecule has 0 radical (unpaired) electrons. The smallest absolute Gasteiger partial charge is 0.313 e. The van der Waals surface area contributed by atoms with E-state index in [1.807, 2.05) is 10.8 Å². The molecule has 134 valence electrons. The molecule has 0 atom stereocenters. The molecule has 0 fully saturated rings. The summed E-state index contributed by atoms with van der Waals surface area (Å²) in [5, 5.41) is 5.17. The normalized spacial score (nSPS) is 10.5. The number of anilines is 1. The van der Waals surface area contributed by atoms with Gasteiger partial charge in [0, 0.05) is 31.2 Å². The van der Waals surface area contributed by atoms with E-state index >= 15 is 0 Å². The number of imidazole rings is 1. The number of ether oxygens (including phenoxy) is 1. The summed E-state index contributed by atoms with van der Waals surface area (Å²) in [6, 6.07) is 6.95. The van der Waals surface area contributed by atoms with Crippen LogP contribution in [0.25, 0.3) is 0 Å². The van der Waals surface area contributed by atoms with Gasteiger partial charge in [0.05, 0.1) is 12.9 Å². The summed E-state index contributed by atoms with van der Waals surface area (Å²) >= 11 is 0. The van der Waals surface area contributed by atoms with Gasteiger partial charge in [-0.3, -0.25) is 9.59 Å². The van der Waals surface area contributed by atoms with Crippen molar-refractivity contribution in [2.45, 2.75) is 26.8 Å². The largest absolute Gasteiger partial charge is 0.493 e. The molecule has 7 heteroatoms. The predicted octanol–water partition coefficient (Wildman–Crippen LogP) is 2.06. The highest BCUT2D eigenvalue weighted by Gasteiger charge is 2.13. The van der Waals surface area contributed by atoms with Crippen LogP contribution in [0.3, 0.4) is 0 Å². The van der Waals surface area contributed by atoms with E-state index in [2.05, 4.69) is 29.5 Å². The van der Waals surface area contributed by atoms with Crippen LogP contribution in [0.1, 0.15) is 20.3 Å². The van der Waals surface area contributed by atoms with Crippen LogP contribution in [-0.4, -0.2) is 34.5 Å². The van der Waals surface area contributed by atoms with Gasteiger partial charge in [0.25, 0.3) is 0 Å². The summed E-state index contributed by atoms with van der Waals surface area (Å²) in [7, 11) is 0. The molecule has 0 aliphatic carbocycles. The lowest BCUT2D eigenvalue weighted by atomic mass is 10.2. The Morgan fingerprint density at radius 2 is 1.96 bits per heavy atom. The molecule has 0 spiro atoms. The first-order valence-electron chi connectivity index (χ1n) is 8.32. The molecule has 0 aliphatic rings. The Labute approximate surface area is 147 Å². The van der Waals surface area contributed by atoms with E-state index in [0.29, 0.717) is 24.8 Å². The number of benzene rings is 1. The highest BCUT2D eigenvalue weighted by Crippen LogP contribution is 2.16. The quantitative estimate of drug-likeness (QED) is 0.567. The third-order valence-corrected chi connectivity index (χ3v) is 3.34. The maximum atomic E-state index is 11.9. The van der Waals surface area contributed by atoms with Gasteiger partial charge < -0.3 is 19.9 Å². The number of nitrogens with one attached hydrogen (secondary N) is 2. The minimum absolute atomic E-state index is 0.423. The van der Waals surface area contributed by atoms with Gasteiger partial charge in [-0.25, -0.2) is 4.98 Å². The van der Waals surface area contributed by atoms with Gasteiger partial charge in [0.2, 0.25) is 0 Å². The average molecular weight is 344 g/mol. The third kappa shape index (κ3) is 6.66. The van der Waals surface area contributed by atoms with Crippen LogP contribution in [-0.2, 0) is 16.1 Å². The van der Waals surface area contributed by atoms with Gasteiger partial charge in [-0.05, 0) is 36.6 Å². The minimum Gasteiger partial charge on any atom is -0.493 e. The number of rotatable bonds is 8. The Balaban J connectivity index is 1.70. The lowest BCUT2D eigenvalue weighted by Crippen LogP contribution is -2.36. The molecular weight excluding hydrogens is 320 g/mol. The number of hydrogen-bond acceptors (Lipinski definition) is 4. The van der Waals surface area contributed by atoms with Gasteiger partial charge in [0.15, 0.2) is 0 Å². The van der Waals surface area contributed by atoms with Crippen LogP contribution in [0.4, 0.5) is 5.69 Å². The van der Waals surface area contributed by atoms with Crippen LogP contribution in [0, 0.1) is 5.92 Å². The van der Waals surface area contributed by atoms with Crippen molar-refractivity contribution >= 4 is 17.5 Å². The molecule has 1 aromatic carbocycles. The summed E-state index contributed by atoms with van der Waals surface area (Å²) in [4.78, 5) is 27.6. The molecule has 0 aliphatic heterocycles. The number of nitrogens with zero attached hydrogens (tertiary/aromatic N) is 2. The number of aromatic nitrogens is 2. The van der Waals surface area contributed by atoms with Gasteiger partial charge in [-0.15, -0.1) is 0 Å². The Morgan fingerprint density at radius 1 is 1.20 bits per heavy atom. The fraction of sp³-hybridized carbons (Fsp3) is 0.389. The molecule has 2 N–H and O–H groups in total. The Morgan fingerprint density at radius 3 is 2.60 bits per heavy atom. The topological polar surface area (TPSA) is 85.2 Å². The molecule has 0 saturated heterocycles. The highest BCUT2D eigenvalue weighted by atomic mass is 16.5. The zero-order valence-electron chi connectivity index (χ0n) is 14.6. The first-order chi connectivity index (χ1) is 12.0. The Kier molecular flexibility index (Phi) is 7.00.